The first-order valence-corrected chi connectivity index (χ1v) is 3.76. The second-order valence-corrected chi connectivity index (χ2v) is 2.90. The summed E-state index contributed by atoms with van der Waals surface area (Å²) in [5.74, 6) is 0.181. The monoisotopic (exact) mass is 140 g/mol. The van der Waals surface area contributed by atoms with Crippen LogP contribution in [0.4, 0.5) is 0 Å². The van der Waals surface area contributed by atoms with E-state index in [1.54, 1.807) is 0 Å². The molecule has 2 nitrogen and oxygen atoms in total. The lowest BCUT2D eigenvalue weighted by atomic mass is 9.88. The fourth-order valence-corrected chi connectivity index (χ4v) is 1.39. The van der Waals surface area contributed by atoms with Crippen LogP contribution in [-0.2, 0) is 4.74 Å². The second kappa shape index (κ2) is 2.93. The van der Waals surface area contributed by atoms with Gasteiger partial charge in [-0.25, -0.2) is 0 Å². The van der Waals surface area contributed by atoms with E-state index in [4.69, 9.17) is 12.6 Å². The number of rotatable bonds is 1. The summed E-state index contributed by atoms with van der Waals surface area (Å²) >= 11 is 0. The van der Waals surface area contributed by atoms with Gasteiger partial charge in [-0.2, -0.15) is 0 Å². The van der Waals surface area contributed by atoms with Crippen LogP contribution in [0.2, 0.25) is 0 Å². The molecule has 0 spiro atoms. The van der Waals surface area contributed by atoms with E-state index in [0.29, 0.717) is 0 Å². The summed E-state index contributed by atoms with van der Waals surface area (Å²) in [5, 5.41) is 9.32. The molecule has 1 aliphatic heterocycles. The maximum Gasteiger partial charge on any atom is 0.112 e. The molecule has 2 radical (unpaired) electrons. The fourth-order valence-electron chi connectivity index (χ4n) is 1.39. The Morgan fingerprint density at radius 1 is 1.60 bits per heavy atom. The summed E-state index contributed by atoms with van der Waals surface area (Å²) < 4.78 is 5.26. The maximum atomic E-state index is 9.32. The normalized spacial score (nSPS) is 47.9. The van der Waals surface area contributed by atoms with E-state index in [1.807, 2.05) is 13.8 Å². The molecule has 4 unspecified atom stereocenters. The quantitative estimate of drug-likeness (QED) is 0.530. The maximum absolute atomic E-state index is 9.32. The van der Waals surface area contributed by atoms with Gasteiger partial charge in [-0.1, -0.05) is 13.8 Å². The Bertz CT molecular complexity index is 118. The minimum Gasteiger partial charge on any atom is -0.391 e. The van der Waals surface area contributed by atoms with Gasteiger partial charge >= 0.3 is 0 Å². The molecular weight excluding hydrogens is 127 g/mol. The Labute approximate surface area is 63.0 Å². The molecule has 0 saturated carbocycles. The summed E-state index contributed by atoms with van der Waals surface area (Å²) in [6, 6.07) is -0.472. The third kappa shape index (κ3) is 1.20. The highest BCUT2D eigenvalue weighted by Crippen LogP contribution is 2.26. The van der Waals surface area contributed by atoms with Crippen LogP contribution in [0.5, 0.6) is 0 Å². The Kier molecular flexibility index (Phi) is 2.37. The van der Waals surface area contributed by atoms with E-state index < -0.39 is 12.1 Å². The van der Waals surface area contributed by atoms with Gasteiger partial charge in [0.1, 0.15) is 7.85 Å². The van der Waals surface area contributed by atoms with Gasteiger partial charge in [0.25, 0.3) is 0 Å². The first-order valence-electron chi connectivity index (χ1n) is 3.76. The molecule has 0 amide bonds. The average Bonchev–Trinajstić information content (AvgIpc) is 2.17. The molecule has 1 rings (SSSR count). The Morgan fingerprint density at radius 3 is 2.40 bits per heavy atom. The molecule has 0 aliphatic carbocycles. The van der Waals surface area contributed by atoms with E-state index in [2.05, 4.69) is 0 Å². The van der Waals surface area contributed by atoms with E-state index in [9.17, 15) is 5.11 Å². The van der Waals surface area contributed by atoms with Crippen molar-refractivity contribution in [3.8, 4) is 0 Å². The molecular formula is C7H13BO2. The molecule has 0 aromatic heterocycles. The summed E-state index contributed by atoms with van der Waals surface area (Å²) in [7, 11) is 5.46. The number of ether oxygens (including phenoxy) is 1. The molecule has 3 heteroatoms. The largest absolute Gasteiger partial charge is 0.391 e. The van der Waals surface area contributed by atoms with Gasteiger partial charge in [0, 0.05) is 11.9 Å². The van der Waals surface area contributed by atoms with Gasteiger partial charge < -0.3 is 9.84 Å². The molecule has 1 saturated heterocycles. The Morgan fingerprint density at radius 2 is 2.20 bits per heavy atom. The van der Waals surface area contributed by atoms with Crippen molar-refractivity contribution in [2.45, 2.75) is 38.5 Å². The lowest BCUT2D eigenvalue weighted by Crippen LogP contribution is -2.25. The van der Waals surface area contributed by atoms with Crippen molar-refractivity contribution in [2.75, 3.05) is 0 Å². The van der Waals surface area contributed by atoms with Gasteiger partial charge in [-0.3, -0.25) is 0 Å². The zero-order chi connectivity index (χ0) is 7.72. The van der Waals surface area contributed by atoms with E-state index in [0.717, 1.165) is 6.42 Å². The summed E-state index contributed by atoms with van der Waals surface area (Å²) in [6.45, 7) is 4.00. The van der Waals surface area contributed by atoms with Crippen molar-refractivity contribution in [3.05, 3.63) is 0 Å². The fraction of sp³-hybridized carbons (Fsp3) is 1.00. The second-order valence-electron chi connectivity index (χ2n) is 2.90. The average molecular weight is 140 g/mol. The number of hydrogen-bond acceptors (Lipinski definition) is 2. The highest BCUT2D eigenvalue weighted by molar-refractivity contribution is 6.11. The zero-order valence-corrected chi connectivity index (χ0v) is 6.45. The van der Waals surface area contributed by atoms with Gasteiger partial charge in [-0.15, -0.1) is 0 Å². The molecule has 1 heterocycles. The number of aliphatic hydroxyl groups is 1. The predicted octanol–water partition coefficient (Wildman–Crippen LogP) is 0.287. The lowest BCUT2D eigenvalue weighted by molar-refractivity contribution is 0.0578. The van der Waals surface area contributed by atoms with Crippen LogP contribution in [0.15, 0.2) is 0 Å². The van der Waals surface area contributed by atoms with E-state index >= 15 is 0 Å². The van der Waals surface area contributed by atoms with Gasteiger partial charge in [0.2, 0.25) is 0 Å². The third-order valence-corrected chi connectivity index (χ3v) is 2.20. The van der Waals surface area contributed by atoms with Gasteiger partial charge in [0.15, 0.2) is 0 Å². The van der Waals surface area contributed by atoms with E-state index in [1.165, 1.54) is 0 Å². The number of hydrogen-bond donors (Lipinski definition) is 1. The summed E-state index contributed by atoms with van der Waals surface area (Å²) in [4.78, 5) is 0. The topological polar surface area (TPSA) is 29.5 Å². The zero-order valence-electron chi connectivity index (χ0n) is 6.45. The first kappa shape index (κ1) is 8.09. The molecule has 0 bridgehead atoms. The minimum atomic E-state index is -0.482. The van der Waals surface area contributed by atoms with Crippen LogP contribution < -0.4 is 0 Å². The van der Waals surface area contributed by atoms with Crippen LogP contribution in [0.1, 0.15) is 20.3 Å². The van der Waals surface area contributed by atoms with Crippen molar-refractivity contribution < 1.29 is 9.84 Å². The predicted molar refractivity (Wildman–Crippen MR) is 39.9 cm³/mol. The molecule has 0 aromatic rings. The van der Waals surface area contributed by atoms with Crippen molar-refractivity contribution in [1.82, 2.24) is 0 Å². The number of aliphatic hydroxyl groups excluding tert-OH is 1. The van der Waals surface area contributed by atoms with Gasteiger partial charge in [0.05, 0.1) is 12.2 Å². The molecule has 1 fully saturated rings. The Balaban J connectivity index is 2.53. The highest BCUT2D eigenvalue weighted by atomic mass is 16.5. The van der Waals surface area contributed by atoms with Crippen LogP contribution in [0.3, 0.4) is 0 Å². The molecule has 1 N–H and O–H groups in total. The van der Waals surface area contributed by atoms with Crippen LogP contribution in [0, 0.1) is 5.92 Å². The van der Waals surface area contributed by atoms with Crippen LogP contribution >= 0.6 is 0 Å². The Hall–Kier alpha value is -0.0151. The smallest absolute Gasteiger partial charge is 0.112 e. The lowest BCUT2D eigenvalue weighted by Gasteiger charge is -2.12. The van der Waals surface area contributed by atoms with Gasteiger partial charge in [-0.05, 0) is 6.42 Å². The molecule has 56 valence electrons. The van der Waals surface area contributed by atoms with Crippen LogP contribution in [-0.4, -0.2) is 31.2 Å². The van der Waals surface area contributed by atoms with Crippen molar-refractivity contribution >= 4 is 7.85 Å². The van der Waals surface area contributed by atoms with Crippen LogP contribution in [0.25, 0.3) is 0 Å². The molecule has 1 aliphatic rings. The summed E-state index contributed by atoms with van der Waals surface area (Å²) in [5.41, 5.74) is 0. The van der Waals surface area contributed by atoms with Crippen molar-refractivity contribution in [2.24, 2.45) is 5.92 Å². The molecule has 4 atom stereocenters. The summed E-state index contributed by atoms with van der Waals surface area (Å²) in [6.07, 6.45) is 0.585. The molecule has 0 aromatic carbocycles. The van der Waals surface area contributed by atoms with Crippen molar-refractivity contribution in [1.29, 1.82) is 0 Å². The van der Waals surface area contributed by atoms with Crippen molar-refractivity contribution in [3.63, 3.8) is 0 Å². The minimum absolute atomic E-state index is 0.144. The highest BCUT2D eigenvalue weighted by Gasteiger charge is 2.36. The third-order valence-electron chi connectivity index (χ3n) is 2.20. The first-order chi connectivity index (χ1) is 4.66. The molecule has 10 heavy (non-hydrogen) atoms. The SMILES string of the molecule is [B]C1OC(CC)C(C)C1O. The van der Waals surface area contributed by atoms with E-state index in [-0.39, 0.29) is 12.0 Å². The standard InChI is InChI=1S/C7H13BO2/c1-3-5-4(2)6(9)7(8)10-5/h4-7,9H,3H2,1-2H3.